The van der Waals surface area contributed by atoms with Gasteiger partial charge in [-0.2, -0.15) is 0 Å². The quantitative estimate of drug-likeness (QED) is 0.770. The van der Waals surface area contributed by atoms with E-state index in [1.807, 2.05) is 24.3 Å². The van der Waals surface area contributed by atoms with E-state index in [1.165, 1.54) is 38.5 Å². The zero-order valence-corrected chi connectivity index (χ0v) is 16.2. The first-order valence-corrected chi connectivity index (χ1v) is 10.2. The van der Waals surface area contributed by atoms with E-state index in [-0.39, 0.29) is 0 Å². The molecule has 0 aromatic heterocycles. The first-order valence-electron chi connectivity index (χ1n) is 10.2. The molecule has 0 aliphatic heterocycles. The molecular weight excluding hydrogens is 326 g/mol. The molecule has 4 fully saturated rings. The van der Waals surface area contributed by atoms with Crippen LogP contribution >= 0.6 is 0 Å². The van der Waals surface area contributed by atoms with Crippen molar-refractivity contribution < 1.29 is 14.6 Å². The van der Waals surface area contributed by atoms with Gasteiger partial charge < -0.3 is 19.5 Å². The van der Waals surface area contributed by atoms with E-state index >= 15 is 0 Å². The number of hydrogen-bond acceptors (Lipinski definition) is 4. The van der Waals surface area contributed by atoms with Crippen LogP contribution in [0.3, 0.4) is 0 Å². The second-order valence-electron chi connectivity index (χ2n) is 9.25. The molecule has 1 N–H and O–H groups in total. The molecule has 1 aromatic carbocycles. The van der Waals surface area contributed by atoms with Crippen LogP contribution < -0.4 is 9.47 Å². The highest BCUT2D eigenvalue weighted by molar-refractivity contribution is 5.31. The lowest BCUT2D eigenvalue weighted by Crippen LogP contribution is -2.51. The van der Waals surface area contributed by atoms with Gasteiger partial charge in [0.05, 0.1) is 7.11 Å². The highest BCUT2D eigenvalue weighted by Crippen LogP contribution is 2.60. The standard InChI is InChI=1S/C22H33NO3/c1-23(13-19(24)14-26-21-5-3-20(25-2)4-6-21)15-22-10-16-7-17(11-22)9-18(8-16)12-22/h3-6,16-19,24H,7-15H2,1-2H3. The van der Waals surface area contributed by atoms with Gasteiger partial charge in [-0.15, -0.1) is 0 Å². The van der Waals surface area contributed by atoms with Crippen molar-refractivity contribution in [3.05, 3.63) is 24.3 Å². The van der Waals surface area contributed by atoms with Crippen LogP contribution in [0.25, 0.3) is 0 Å². The van der Waals surface area contributed by atoms with Crippen molar-refractivity contribution in [3.63, 3.8) is 0 Å². The fraction of sp³-hybridized carbons (Fsp3) is 0.727. The third kappa shape index (κ3) is 4.01. The Morgan fingerprint density at radius 3 is 2.12 bits per heavy atom. The van der Waals surface area contributed by atoms with E-state index in [9.17, 15) is 5.11 Å². The minimum atomic E-state index is -0.462. The Labute approximate surface area is 157 Å². The predicted molar refractivity (Wildman–Crippen MR) is 103 cm³/mol. The Kier molecular flexibility index (Phi) is 5.15. The fourth-order valence-corrected chi connectivity index (χ4v) is 6.40. The molecule has 4 aliphatic carbocycles. The number of aliphatic hydroxyl groups is 1. The van der Waals surface area contributed by atoms with Crippen molar-refractivity contribution in [3.8, 4) is 11.5 Å². The van der Waals surface area contributed by atoms with Gasteiger partial charge >= 0.3 is 0 Å². The lowest BCUT2D eigenvalue weighted by Gasteiger charge is -2.57. The molecule has 0 heterocycles. The van der Waals surface area contributed by atoms with E-state index in [2.05, 4.69) is 11.9 Å². The normalized spacial score (nSPS) is 33.5. The summed E-state index contributed by atoms with van der Waals surface area (Å²) >= 11 is 0. The number of methoxy groups -OCH3 is 1. The van der Waals surface area contributed by atoms with Gasteiger partial charge in [-0.3, -0.25) is 0 Å². The van der Waals surface area contributed by atoms with Crippen LogP contribution in [0.15, 0.2) is 24.3 Å². The molecular formula is C22H33NO3. The molecule has 4 bridgehead atoms. The van der Waals surface area contributed by atoms with E-state index < -0.39 is 6.10 Å². The molecule has 0 radical (unpaired) electrons. The third-order valence-corrected chi connectivity index (χ3v) is 6.79. The Bertz CT molecular complexity index is 565. The Balaban J connectivity index is 1.24. The third-order valence-electron chi connectivity index (χ3n) is 6.79. The predicted octanol–water partition coefficient (Wildman–Crippen LogP) is 3.58. The Morgan fingerprint density at radius 1 is 1.04 bits per heavy atom. The van der Waals surface area contributed by atoms with Crippen LogP contribution in [0.5, 0.6) is 11.5 Å². The largest absolute Gasteiger partial charge is 0.497 e. The maximum atomic E-state index is 10.4. The van der Waals surface area contributed by atoms with Gasteiger partial charge in [0.15, 0.2) is 0 Å². The molecule has 1 aromatic rings. The second kappa shape index (κ2) is 7.40. The molecule has 4 nitrogen and oxygen atoms in total. The molecule has 4 heteroatoms. The fourth-order valence-electron chi connectivity index (χ4n) is 6.40. The van der Waals surface area contributed by atoms with E-state index in [0.717, 1.165) is 35.8 Å². The van der Waals surface area contributed by atoms with Gasteiger partial charge in [-0.1, -0.05) is 0 Å². The van der Waals surface area contributed by atoms with Gasteiger partial charge in [0, 0.05) is 13.1 Å². The highest BCUT2D eigenvalue weighted by atomic mass is 16.5. The van der Waals surface area contributed by atoms with E-state index in [1.54, 1.807) is 7.11 Å². The number of aliphatic hydroxyl groups excluding tert-OH is 1. The van der Waals surface area contributed by atoms with Crippen LogP contribution in [-0.2, 0) is 0 Å². The molecule has 26 heavy (non-hydrogen) atoms. The summed E-state index contributed by atoms with van der Waals surface area (Å²) in [5, 5.41) is 10.4. The molecule has 0 spiro atoms. The summed E-state index contributed by atoms with van der Waals surface area (Å²) in [6.45, 7) is 2.14. The van der Waals surface area contributed by atoms with Gasteiger partial charge in [0.2, 0.25) is 0 Å². The van der Waals surface area contributed by atoms with Crippen LogP contribution in [-0.4, -0.2) is 50.0 Å². The zero-order chi connectivity index (χ0) is 18.1. The summed E-state index contributed by atoms with van der Waals surface area (Å²) in [6, 6.07) is 7.51. The molecule has 0 amide bonds. The van der Waals surface area contributed by atoms with Crippen molar-refractivity contribution in [2.75, 3.05) is 33.9 Å². The molecule has 144 valence electrons. The van der Waals surface area contributed by atoms with E-state index in [4.69, 9.17) is 9.47 Å². The molecule has 1 atom stereocenters. The number of ether oxygens (including phenoxy) is 2. The number of rotatable bonds is 8. The van der Waals surface area contributed by atoms with Crippen molar-refractivity contribution >= 4 is 0 Å². The Morgan fingerprint density at radius 2 is 1.58 bits per heavy atom. The monoisotopic (exact) mass is 359 g/mol. The zero-order valence-electron chi connectivity index (χ0n) is 16.2. The molecule has 0 saturated heterocycles. The van der Waals surface area contributed by atoms with E-state index in [0.29, 0.717) is 18.6 Å². The van der Waals surface area contributed by atoms with Crippen LogP contribution in [0.2, 0.25) is 0 Å². The second-order valence-corrected chi connectivity index (χ2v) is 9.25. The van der Waals surface area contributed by atoms with Crippen molar-refractivity contribution in [1.29, 1.82) is 0 Å². The van der Waals surface area contributed by atoms with Crippen molar-refractivity contribution in [1.82, 2.24) is 4.90 Å². The summed E-state index contributed by atoms with van der Waals surface area (Å²) in [6.07, 6.45) is 8.26. The average Bonchev–Trinajstić information content (AvgIpc) is 2.58. The minimum Gasteiger partial charge on any atom is -0.497 e. The van der Waals surface area contributed by atoms with Crippen LogP contribution in [0.4, 0.5) is 0 Å². The number of likely N-dealkylation sites (N-methyl/N-ethyl adjacent to an activating group) is 1. The molecule has 5 rings (SSSR count). The summed E-state index contributed by atoms with van der Waals surface area (Å²) in [5.41, 5.74) is 0.528. The highest BCUT2D eigenvalue weighted by Gasteiger charge is 2.50. The number of hydrogen-bond donors (Lipinski definition) is 1. The summed E-state index contributed by atoms with van der Waals surface area (Å²) in [5.74, 6) is 4.54. The maximum Gasteiger partial charge on any atom is 0.119 e. The first kappa shape index (κ1) is 18.1. The summed E-state index contributed by atoms with van der Waals surface area (Å²) < 4.78 is 10.9. The SMILES string of the molecule is COc1ccc(OCC(O)CN(C)CC23CC4CC(CC(C4)C2)C3)cc1. The van der Waals surface area contributed by atoms with Gasteiger partial charge in [-0.05, 0) is 93.0 Å². The average molecular weight is 360 g/mol. The van der Waals surface area contributed by atoms with Crippen molar-refractivity contribution in [2.45, 2.75) is 44.6 Å². The smallest absolute Gasteiger partial charge is 0.119 e. The van der Waals surface area contributed by atoms with Crippen LogP contribution in [0, 0.1) is 23.2 Å². The molecule has 4 saturated carbocycles. The topological polar surface area (TPSA) is 41.9 Å². The lowest BCUT2D eigenvalue weighted by atomic mass is 9.49. The number of benzene rings is 1. The maximum absolute atomic E-state index is 10.4. The minimum absolute atomic E-state index is 0.331. The van der Waals surface area contributed by atoms with Crippen LogP contribution in [0.1, 0.15) is 38.5 Å². The lowest BCUT2D eigenvalue weighted by molar-refractivity contribution is -0.0702. The van der Waals surface area contributed by atoms with Gasteiger partial charge in [0.25, 0.3) is 0 Å². The van der Waals surface area contributed by atoms with Gasteiger partial charge in [0.1, 0.15) is 24.2 Å². The summed E-state index contributed by atoms with van der Waals surface area (Å²) in [4.78, 5) is 2.34. The first-order chi connectivity index (χ1) is 12.5. The summed E-state index contributed by atoms with van der Waals surface area (Å²) in [7, 11) is 3.81. The molecule has 1 unspecified atom stereocenters. The molecule has 4 aliphatic rings. The van der Waals surface area contributed by atoms with Gasteiger partial charge in [-0.25, -0.2) is 0 Å². The Hall–Kier alpha value is -1.26. The van der Waals surface area contributed by atoms with Crippen molar-refractivity contribution in [2.24, 2.45) is 23.2 Å². The number of nitrogens with zero attached hydrogens (tertiary/aromatic N) is 1.